The van der Waals surface area contributed by atoms with Gasteiger partial charge in [-0.2, -0.15) is 0 Å². The molecule has 1 aromatic heterocycles. The van der Waals surface area contributed by atoms with Crippen molar-refractivity contribution in [2.75, 3.05) is 32.7 Å². The predicted molar refractivity (Wildman–Crippen MR) is 140 cm³/mol. The first-order valence-corrected chi connectivity index (χ1v) is 12.1. The van der Waals surface area contributed by atoms with Gasteiger partial charge < -0.3 is 9.32 Å². The van der Waals surface area contributed by atoms with Crippen molar-refractivity contribution >= 4 is 23.6 Å². The molecule has 1 saturated heterocycles. The predicted octanol–water partition coefficient (Wildman–Crippen LogP) is 6.13. The Hall–Kier alpha value is -3.67. The quantitative estimate of drug-likeness (QED) is 0.331. The molecule has 5 rings (SSSR count). The molecule has 2 heterocycles. The van der Waals surface area contributed by atoms with Crippen molar-refractivity contribution in [2.24, 2.45) is 0 Å². The molecular weight excluding hydrogens is 458 g/mol. The molecule has 0 bridgehead atoms. The van der Waals surface area contributed by atoms with Gasteiger partial charge in [-0.3, -0.25) is 9.69 Å². The molecule has 0 radical (unpaired) electrons. The van der Waals surface area contributed by atoms with Gasteiger partial charge in [-0.05, 0) is 42.0 Å². The fraction of sp³-hybridized carbons (Fsp3) is 0.172. The van der Waals surface area contributed by atoms with Crippen LogP contribution in [0.1, 0.15) is 15.9 Å². The topological polar surface area (TPSA) is 49.6 Å². The number of nitrogens with zero attached hydrogens (tertiary/aromatic N) is 3. The maximum atomic E-state index is 13.4. The number of piperazine rings is 1. The van der Waals surface area contributed by atoms with Gasteiger partial charge in [0.15, 0.2) is 5.76 Å². The molecular formula is C29H26ClN3O2. The van der Waals surface area contributed by atoms with Crippen molar-refractivity contribution in [1.82, 2.24) is 14.8 Å². The molecule has 0 atom stereocenters. The van der Waals surface area contributed by atoms with Crippen molar-refractivity contribution < 1.29 is 9.21 Å². The Morgan fingerprint density at radius 2 is 1.63 bits per heavy atom. The minimum atomic E-state index is 0.00585. The minimum Gasteiger partial charge on any atom is -0.436 e. The van der Waals surface area contributed by atoms with Gasteiger partial charge in [0.1, 0.15) is 0 Å². The van der Waals surface area contributed by atoms with E-state index in [0.717, 1.165) is 25.2 Å². The molecule has 0 spiro atoms. The number of rotatable bonds is 6. The zero-order chi connectivity index (χ0) is 24.0. The summed E-state index contributed by atoms with van der Waals surface area (Å²) >= 11 is 5.99. The fourth-order valence-electron chi connectivity index (χ4n) is 4.21. The summed E-state index contributed by atoms with van der Waals surface area (Å²) in [6.45, 7) is 3.93. The van der Waals surface area contributed by atoms with E-state index in [4.69, 9.17) is 16.0 Å². The molecule has 1 aliphatic rings. The monoisotopic (exact) mass is 483 g/mol. The molecule has 1 fully saturated rings. The molecule has 6 heteroatoms. The van der Waals surface area contributed by atoms with E-state index < -0.39 is 0 Å². The number of carbonyl (C=O) groups excluding carboxylic acids is 1. The van der Waals surface area contributed by atoms with E-state index in [2.05, 4.69) is 34.2 Å². The van der Waals surface area contributed by atoms with Gasteiger partial charge in [0.05, 0.1) is 11.8 Å². The number of hydrogen-bond acceptors (Lipinski definition) is 4. The van der Waals surface area contributed by atoms with E-state index in [9.17, 15) is 4.79 Å². The van der Waals surface area contributed by atoms with Gasteiger partial charge >= 0.3 is 0 Å². The van der Waals surface area contributed by atoms with Gasteiger partial charge in [-0.25, -0.2) is 4.98 Å². The molecule has 3 aromatic carbocycles. The average Bonchev–Trinajstić information content (AvgIpc) is 3.40. The largest absolute Gasteiger partial charge is 0.436 e. The molecule has 5 nitrogen and oxygen atoms in total. The summed E-state index contributed by atoms with van der Waals surface area (Å²) < 4.78 is 6.03. The summed E-state index contributed by atoms with van der Waals surface area (Å²) in [4.78, 5) is 22.2. The van der Waals surface area contributed by atoms with Crippen LogP contribution in [0, 0.1) is 0 Å². The van der Waals surface area contributed by atoms with Crippen LogP contribution in [0.25, 0.3) is 28.9 Å². The van der Waals surface area contributed by atoms with Gasteiger partial charge in [-0.15, -0.1) is 0 Å². The first kappa shape index (κ1) is 23.1. The molecule has 35 heavy (non-hydrogen) atoms. The van der Waals surface area contributed by atoms with E-state index >= 15 is 0 Å². The Morgan fingerprint density at radius 3 is 2.40 bits per heavy atom. The highest BCUT2D eigenvalue weighted by Crippen LogP contribution is 2.29. The lowest BCUT2D eigenvalue weighted by molar-refractivity contribution is 0.0651. The second-order valence-corrected chi connectivity index (χ2v) is 8.92. The number of halogens is 1. The van der Waals surface area contributed by atoms with Crippen LogP contribution in [0.3, 0.4) is 0 Å². The summed E-state index contributed by atoms with van der Waals surface area (Å²) in [5.74, 6) is 1.07. The molecule has 1 amide bonds. The van der Waals surface area contributed by atoms with Crippen LogP contribution < -0.4 is 0 Å². The van der Waals surface area contributed by atoms with Crippen molar-refractivity contribution in [1.29, 1.82) is 0 Å². The SMILES string of the molecule is O=C(c1ccccc1-c1ncc(-c2ccc(Cl)cc2)o1)N1CCN(C/C=C/c2ccccc2)CC1. The number of benzene rings is 3. The molecule has 176 valence electrons. The second-order valence-electron chi connectivity index (χ2n) is 8.49. The fourth-order valence-corrected chi connectivity index (χ4v) is 4.33. The molecule has 0 N–H and O–H groups in total. The van der Waals surface area contributed by atoms with Crippen molar-refractivity contribution in [2.45, 2.75) is 0 Å². The third-order valence-electron chi connectivity index (χ3n) is 6.16. The van der Waals surface area contributed by atoms with E-state index in [1.165, 1.54) is 5.56 Å². The summed E-state index contributed by atoms with van der Waals surface area (Å²) in [7, 11) is 0. The Bertz CT molecular complexity index is 1310. The van der Waals surface area contributed by atoms with E-state index in [0.29, 0.717) is 40.9 Å². The Balaban J connectivity index is 1.24. The van der Waals surface area contributed by atoms with Crippen molar-refractivity contribution in [3.63, 3.8) is 0 Å². The average molecular weight is 484 g/mol. The van der Waals surface area contributed by atoms with Crippen LogP contribution in [0.4, 0.5) is 0 Å². The standard InChI is InChI=1S/C29H26ClN3O2/c30-24-14-12-23(13-15-24)27-21-31-28(35-27)25-10-4-5-11-26(25)29(34)33-19-17-32(18-20-33)16-6-9-22-7-2-1-3-8-22/h1-15,21H,16-20H2/b9-6+. The lowest BCUT2D eigenvalue weighted by atomic mass is 10.1. The van der Waals surface area contributed by atoms with E-state index in [-0.39, 0.29) is 5.91 Å². The smallest absolute Gasteiger partial charge is 0.254 e. The van der Waals surface area contributed by atoms with Crippen LogP contribution in [0.5, 0.6) is 0 Å². The van der Waals surface area contributed by atoms with Gasteiger partial charge in [0.25, 0.3) is 5.91 Å². The van der Waals surface area contributed by atoms with Crippen molar-refractivity contribution in [3.8, 4) is 22.8 Å². The Morgan fingerprint density at radius 1 is 0.914 bits per heavy atom. The summed E-state index contributed by atoms with van der Waals surface area (Å²) in [5, 5.41) is 0.664. The maximum absolute atomic E-state index is 13.4. The summed E-state index contributed by atoms with van der Waals surface area (Å²) in [6, 6.07) is 25.2. The van der Waals surface area contributed by atoms with Gasteiger partial charge in [-0.1, -0.05) is 66.2 Å². The van der Waals surface area contributed by atoms with Crippen molar-refractivity contribution in [3.05, 3.63) is 107 Å². The lowest BCUT2D eigenvalue weighted by Gasteiger charge is -2.34. The summed E-state index contributed by atoms with van der Waals surface area (Å²) in [6.07, 6.45) is 6.01. The second kappa shape index (κ2) is 10.7. The number of carbonyl (C=O) groups is 1. The first-order valence-electron chi connectivity index (χ1n) is 11.7. The lowest BCUT2D eigenvalue weighted by Crippen LogP contribution is -2.48. The zero-order valence-electron chi connectivity index (χ0n) is 19.3. The van der Waals surface area contributed by atoms with E-state index in [1.807, 2.05) is 71.6 Å². The summed E-state index contributed by atoms with van der Waals surface area (Å²) in [5.41, 5.74) is 3.39. The van der Waals surface area contributed by atoms with Crippen LogP contribution in [0.2, 0.25) is 5.02 Å². The Labute approximate surface area is 210 Å². The normalized spacial score (nSPS) is 14.5. The van der Waals surface area contributed by atoms with Gasteiger partial charge in [0.2, 0.25) is 5.89 Å². The molecule has 0 aliphatic carbocycles. The minimum absolute atomic E-state index is 0.00585. The van der Waals surface area contributed by atoms with Crippen LogP contribution in [-0.4, -0.2) is 53.4 Å². The number of oxazole rings is 1. The molecule has 0 unspecified atom stereocenters. The number of hydrogen-bond donors (Lipinski definition) is 0. The highest BCUT2D eigenvalue weighted by atomic mass is 35.5. The molecule has 4 aromatic rings. The third-order valence-corrected chi connectivity index (χ3v) is 6.41. The van der Waals surface area contributed by atoms with Crippen LogP contribution in [0.15, 0.2) is 95.6 Å². The number of aromatic nitrogens is 1. The highest BCUT2D eigenvalue weighted by Gasteiger charge is 2.25. The Kier molecular flexibility index (Phi) is 7.07. The highest BCUT2D eigenvalue weighted by molar-refractivity contribution is 6.30. The van der Waals surface area contributed by atoms with Crippen LogP contribution >= 0.6 is 11.6 Å². The number of amides is 1. The zero-order valence-corrected chi connectivity index (χ0v) is 20.1. The third kappa shape index (κ3) is 5.53. The van der Waals surface area contributed by atoms with E-state index in [1.54, 1.807) is 6.20 Å². The van der Waals surface area contributed by atoms with Crippen LogP contribution in [-0.2, 0) is 0 Å². The molecule has 0 saturated carbocycles. The molecule has 1 aliphatic heterocycles. The first-order chi connectivity index (χ1) is 17.2. The maximum Gasteiger partial charge on any atom is 0.254 e. The van der Waals surface area contributed by atoms with Gasteiger partial charge in [0, 0.05) is 48.9 Å².